The molecule has 0 N–H and O–H groups in total. The van der Waals surface area contributed by atoms with E-state index >= 15 is 0 Å². The van der Waals surface area contributed by atoms with Crippen molar-refractivity contribution >= 4 is 17.2 Å². The van der Waals surface area contributed by atoms with Crippen molar-refractivity contribution in [3.8, 4) is 0 Å². The number of amides is 1. The van der Waals surface area contributed by atoms with Gasteiger partial charge >= 0.3 is 0 Å². The van der Waals surface area contributed by atoms with Crippen LogP contribution in [0.25, 0.3) is 0 Å². The van der Waals surface area contributed by atoms with Crippen LogP contribution in [0.3, 0.4) is 0 Å². The minimum Gasteiger partial charge on any atom is -0.348 e. The van der Waals surface area contributed by atoms with Gasteiger partial charge in [-0.15, -0.1) is 11.3 Å². The summed E-state index contributed by atoms with van der Waals surface area (Å²) in [5.41, 5.74) is 1.18. The highest BCUT2D eigenvalue weighted by atomic mass is 32.1. The highest BCUT2D eigenvalue weighted by Crippen LogP contribution is 2.13. The number of hydrogen-bond acceptors (Lipinski definition) is 5. The molecular weight excluding hydrogens is 272 g/mol. The fourth-order valence-electron chi connectivity index (χ4n) is 2.25. The number of aryl methyl sites for hydroxylation is 1. The van der Waals surface area contributed by atoms with E-state index in [4.69, 9.17) is 0 Å². The van der Waals surface area contributed by atoms with Gasteiger partial charge in [0.25, 0.3) is 0 Å². The molecule has 5 nitrogen and oxygen atoms in total. The first-order valence-corrected chi connectivity index (χ1v) is 8.04. The van der Waals surface area contributed by atoms with Crippen LogP contribution >= 0.6 is 11.3 Å². The Morgan fingerprint density at radius 3 is 2.50 bits per heavy atom. The van der Waals surface area contributed by atoms with E-state index < -0.39 is 0 Å². The summed E-state index contributed by atoms with van der Waals surface area (Å²) < 4.78 is 0. The lowest BCUT2D eigenvalue weighted by atomic mass is 10.3. The molecule has 1 aromatic heterocycles. The lowest BCUT2D eigenvalue weighted by Gasteiger charge is -2.34. The maximum atomic E-state index is 11.7. The van der Waals surface area contributed by atoms with Crippen LogP contribution in [-0.4, -0.2) is 72.4 Å². The largest absolute Gasteiger partial charge is 0.348 e. The molecule has 2 heterocycles. The fraction of sp³-hybridized carbons (Fsp3) is 0.714. The Labute approximate surface area is 125 Å². The lowest BCUT2D eigenvalue weighted by Crippen LogP contribution is -2.48. The van der Waals surface area contributed by atoms with E-state index in [9.17, 15) is 4.79 Å². The SMILES string of the molecule is CCc1nc(CN2CCN(CC(=O)N(C)C)CC2)cs1. The highest BCUT2D eigenvalue weighted by Gasteiger charge is 2.20. The van der Waals surface area contributed by atoms with Gasteiger partial charge in [0.15, 0.2) is 0 Å². The first kappa shape index (κ1) is 15.4. The summed E-state index contributed by atoms with van der Waals surface area (Å²) in [4.78, 5) is 22.6. The normalized spacial score (nSPS) is 17.4. The third-order valence-electron chi connectivity index (χ3n) is 3.61. The minimum atomic E-state index is 0.186. The van der Waals surface area contributed by atoms with Crippen LogP contribution in [0.4, 0.5) is 0 Å². The Morgan fingerprint density at radius 1 is 1.30 bits per heavy atom. The minimum absolute atomic E-state index is 0.186. The highest BCUT2D eigenvalue weighted by molar-refractivity contribution is 7.09. The Morgan fingerprint density at radius 2 is 1.95 bits per heavy atom. The number of likely N-dealkylation sites (N-methyl/N-ethyl adjacent to an activating group) is 1. The molecule has 1 saturated heterocycles. The summed E-state index contributed by atoms with van der Waals surface area (Å²) in [6, 6.07) is 0. The van der Waals surface area contributed by atoms with Crippen molar-refractivity contribution in [2.75, 3.05) is 46.8 Å². The van der Waals surface area contributed by atoms with Crippen molar-refractivity contribution < 1.29 is 4.79 Å². The second-order valence-electron chi connectivity index (χ2n) is 5.43. The molecule has 2 rings (SSSR count). The number of nitrogens with zero attached hydrogens (tertiary/aromatic N) is 4. The third-order valence-corrected chi connectivity index (χ3v) is 4.65. The number of carbonyl (C=O) groups excluding carboxylic acids is 1. The molecule has 1 fully saturated rings. The van der Waals surface area contributed by atoms with E-state index in [0.717, 1.165) is 39.1 Å². The maximum Gasteiger partial charge on any atom is 0.236 e. The molecule has 0 bridgehead atoms. The van der Waals surface area contributed by atoms with Gasteiger partial charge in [-0.2, -0.15) is 0 Å². The Hall–Kier alpha value is -0.980. The molecule has 0 spiro atoms. The number of carbonyl (C=O) groups is 1. The smallest absolute Gasteiger partial charge is 0.236 e. The van der Waals surface area contributed by atoms with Crippen molar-refractivity contribution in [3.63, 3.8) is 0 Å². The number of thiazole rings is 1. The first-order chi connectivity index (χ1) is 9.58. The van der Waals surface area contributed by atoms with Crippen molar-refractivity contribution in [3.05, 3.63) is 16.1 Å². The molecule has 1 aromatic rings. The van der Waals surface area contributed by atoms with Crippen molar-refractivity contribution in [2.45, 2.75) is 19.9 Å². The quantitative estimate of drug-likeness (QED) is 0.810. The van der Waals surface area contributed by atoms with Gasteiger partial charge in [0, 0.05) is 52.2 Å². The number of hydrogen-bond donors (Lipinski definition) is 0. The van der Waals surface area contributed by atoms with Crippen molar-refractivity contribution in [1.82, 2.24) is 19.7 Å². The molecule has 1 aliphatic rings. The van der Waals surface area contributed by atoms with Gasteiger partial charge < -0.3 is 4.90 Å². The van der Waals surface area contributed by atoms with Crippen LogP contribution in [0.1, 0.15) is 17.6 Å². The second-order valence-corrected chi connectivity index (χ2v) is 6.37. The van der Waals surface area contributed by atoms with Crippen LogP contribution in [0.15, 0.2) is 5.38 Å². The zero-order valence-corrected chi connectivity index (χ0v) is 13.4. The average molecular weight is 296 g/mol. The molecule has 112 valence electrons. The molecule has 20 heavy (non-hydrogen) atoms. The van der Waals surface area contributed by atoms with E-state index in [2.05, 4.69) is 27.1 Å². The maximum absolute atomic E-state index is 11.7. The molecule has 0 atom stereocenters. The molecule has 1 amide bonds. The molecule has 0 radical (unpaired) electrons. The standard InChI is InChI=1S/C14H24N4OS/c1-4-13-15-12(11-20-13)9-17-5-7-18(8-6-17)10-14(19)16(2)3/h11H,4-10H2,1-3H3. The predicted molar refractivity (Wildman–Crippen MR) is 81.9 cm³/mol. The van der Waals surface area contributed by atoms with Crippen LogP contribution in [0.5, 0.6) is 0 Å². The van der Waals surface area contributed by atoms with Gasteiger partial charge in [-0.3, -0.25) is 14.6 Å². The van der Waals surface area contributed by atoms with Gasteiger partial charge in [-0.1, -0.05) is 6.92 Å². The summed E-state index contributed by atoms with van der Waals surface area (Å²) >= 11 is 1.75. The van der Waals surface area contributed by atoms with E-state index in [1.807, 2.05) is 14.1 Å². The lowest BCUT2D eigenvalue weighted by molar-refractivity contribution is -0.130. The van der Waals surface area contributed by atoms with E-state index in [1.165, 1.54) is 10.7 Å². The number of piperazine rings is 1. The fourth-order valence-corrected chi connectivity index (χ4v) is 2.99. The predicted octanol–water partition coefficient (Wildman–Crippen LogP) is 0.911. The van der Waals surface area contributed by atoms with E-state index in [1.54, 1.807) is 16.2 Å². The molecule has 0 saturated carbocycles. The summed E-state index contributed by atoms with van der Waals surface area (Å²) in [6.45, 7) is 7.57. The Bertz CT molecular complexity index is 438. The molecule has 1 aliphatic heterocycles. The van der Waals surface area contributed by atoms with Crippen LogP contribution in [-0.2, 0) is 17.8 Å². The van der Waals surface area contributed by atoms with Crippen molar-refractivity contribution in [1.29, 1.82) is 0 Å². The van der Waals surface area contributed by atoms with Crippen LogP contribution < -0.4 is 0 Å². The number of aromatic nitrogens is 1. The molecular formula is C14H24N4OS. The van der Waals surface area contributed by atoms with Gasteiger partial charge in [-0.05, 0) is 6.42 Å². The van der Waals surface area contributed by atoms with Crippen LogP contribution in [0.2, 0.25) is 0 Å². The summed E-state index contributed by atoms with van der Waals surface area (Å²) in [7, 11) is 3.62. The van der Waals surface area contributed by atoms with E-state index in [-0.39, 0.29) is 5.91 Å². The van der Waals surface area contributed by atoms with Crippen molar-refractivity contribution in [2.24, 2.45) is 0 Å². The zero-order chi connectivity index (χ0) is 14.5. The van der Waals surface area contributed by atoms with Gasteiger partial charge in [-0.25, -0.2) is 4.98 Å². The molecule has 0 aromatic carbocycles. The van der Waals surface area contributed by atoms with Gasteiger partial charge in [0.2, 0.25) is 5.91 Å². The third kappa shape index (κ3) is 4.26. The Kier molecular flexibility index (Phi) is 5.51. The van der Waals surface area contributed by atoms with E-state index in [0.29, 0.717) is 6.54 Å². The van der Waals surface area contributed by atoms with Gasteiger partial charge in [0.05, 0.1) is 17.2 Å². The second kappa shape index (κ2) is 7.15. The molecule has 6 heteroatoms. The summed E-state index contributed by atoms with van der Waals surface area (Å²) in [5, 5.41) is 3.39. The monoisotopic (exact) mass is 296 g/mol. The molecule has 0 aliphatic carbocycles. The number of rotatable bonds is 5. The first-order valence-electron chi connectivity index (χ1n) is 7.16. The van der Waals surface area contributed by atoms with Crippen LogP contribution in [0, 0.1) is 0 Å². The zero-order valence-electron chi connectivity index (χ0n) is 12.6. The molecule has 0 unspecified atom stereocenters. The van der Waals surface area contributed by atoms with Gasteiger partial charge in [0.1, 0.15) is 0 Å². The summed E-state index contributed by atoms with van der Waals surface area (Å²) in [6.07, 6.45) is 1.02. The summed E-state index contributed by atoms with van der Waals surface area (Å²) in [5.74, 6) is 0.186. The topological polar surface area (TPSA) is 39.7 Å². The average Bonchev–Trinajstić information content (AvgIpc) is 2.88. The Balaban J connectivity index is 1.75.